The van der Waals surface area contributed by atoms with Crippen molar-refractivity contribution in [3.05, 3.63) is 34.9 Å². The molecule has 2 aliphatic heterocycles. The molecule has 2 fully saturated rings. The standard InChI is InChI=1S/C17H22ClN3O3/c18-14-4-1-3-13(11-14)16(22)20-6-8-21(9-7-20)17(23)19-12-15-5-2-10-24-15/h1,3-4,11,15H,2,5-10,12H2,(H,19,23). The Kier molecular flexibility index (Phi) is 5.58. The van der Waals surface area contributed by atoms with Crippen LogP contribution in [0.25, 0.3) is 0 Å². The highest BCUT2D eigenvalue weighted by Gasteiger charge is 2.25. The van der Waals surface area contributed by atoms with Crippen LogP contribution in [0, 0.1) is 0 Å². The molecule has 1 unspecified atom stereocenters. The van der Waals surface area contributed by atoms with Gasteiger partial charge in [-0.1, -0.05) is 17.7 Å². The molecule has 6 nitrogen and oxygen atoms in total. The zero-order chi connectivity index (χ0) is 16.9. The number of rotatable bonds is 3. The van der Waals surface area contributed by atoms with E-state index in [4.69, 9.17) is 16.3 Å². The lowest BCUT2D eigenvalue weighted by atomic mass is 10.2. The van der Waals surface area contributed by atoms with Crippen LogP contribution in [0.15, 0.2) is 24.3 Å². The number of urea groups is 1. The van der Waals surface area contributed by atoms with E-state index >= 15 is 0 Å². The zero-order valence-electron chi connectivity index (χ0n) is 13.5. The Balaban J connectivity index is 1.46. The quantitative estimate of drug-likeness (QED) is 0.905. The van der Waals surface area contributed by atoms with Crippen molar-refractivity contribution in [2.45, 2.75) is 18.9 Å². The van der Waals surface area contributed by atoms with Gasteiger partial charge in [-0.15, -0.1) is 0 Å². The summed E-state index contributed by atoms with van der Waals surface area (Å²) in [5.41, 5.74) is 0.582. The van der Waals surface area contributed by atoms with E-state index in [1.54, 1.807) is 34.1 Å². The van der Waals surface area contributed by atoms with Crippen LogP contribution in [-0.4, -0.2) is 67.2 Å². The smallest absolute Gasteiger partial charge is 0.317 e. The molecule has 2 aliphatic rings. The van der Waals surface area contributed by atoms with Crippen LogP contribution in [0.2, 0.25) is 5.02 Å². The summed E-state index contributed by atoms with van der Waals surface area (Å²) in [6.07, 6.45) is 2.20. The topological polar surface area (TPSA) is 61.9 Å². The molecule has 2 saturated heterocycles. The summed E-state index contributed by atoms with van der Waals surface area (Å²) in [4.78, 5) is 28.2. The Labute approximate surface area is 146 Å². The SMILES string of the molecule is O=C(NCC1CCCO1)N1CCN(C(=O)c2cccc(Cl)c2)CC1. The number of benzene rings is 1. The Morgan fingerprint density at radius 1 is 1.21 bits per heavy atom. The van der Waals surface area contributed by atoms with Crippen LogP contribution >= 0.6 is 11.6 Å². The molecule has 0 aliphatic carbocycles. The molecule has 1 aromatic carbocycles. The van der Waals surface area contributed by atoms with E-state index in [0.29, 0.717) is 43.3 Å². The van der Waals surface area contributed by atoms with Crippen LogP contribution in [0.3, 0.4) is 0 Å². The molecule has 0 spiro atoms. The molecule has 1 N–H and O–H groups in total. The maximum Gasteiger partial charge on any atom is 0.317 e. The number of nitrogens with zero attached hydrogens (tertiary/aromatic N) is 2. The fraction of sp³-hybridized carbons (Fsp3) is 0.529. The van der Waals surface area contributed by atoms with Gasteiger partial charge >= 0.3 is 6.03 Å². The summed E-state index contributed by atoms with van der Waals surface area (Å²) in [5, 5.41) is 3.47. The van der Waals surface area contributed by atoms with E-state index in [0.717, 1.165) is 19.4 Å². The largest absolute Gasteiger partial charge is 0.376 e. The van der Waals surface area contributed by atoms with Gasteiger partial charge in [-0.2, -0.15) is 0 Å². The molecule has 1 atom stereocenters. The average molecular weight is 352 g/mol. The molecule has 3 rings (SSSR count). The summed E-state index contributed by atoms with van der Waals surface area (Å²) in [6.45, 7) is 3.45. The molecule has 3 amide bonds. The number of hydrogen-bond acceptors (Lipinski definition) is 3. The van der Waals surface area contributed by atoms with Gasteiger partial charge in [-0.25, -0.2) is 4.79 Å². The number of piperazine rings is 1. The molecule has 24 heavy (non-hydrogen) atoms. The number of nitrogens with one attached hydrogen (secondary N) is 1. The molecule has 130 valence electrons. The second kappa shape index (κ2) is 7.85. The lowest BCUT2D eigenvalue weighted by Crippen LogP contribution is -2.53. The van der Waals surface area contributed by atoms with Crippen LogP contribution in [-0.2, 0) is 4.74 Å². The minimum atomic E-state index is -0.0830. The number of amides is 3. The van der Waals surface area contributed by atoms with Gasteiger partial charge in [0.1, 0.15) is 0 Å². The fourth-order valence-corrected chi connectivity index (χ4v) is 3.23. The first-order valence-corrected chi connectivity index (χ1v) is 8.70. The van der Waals surface area contributed by atoms with E-state index in [9.17, 15) is 9.59 Å². The minimum Gasteiger partial charge on any atom is -0.376 e. The van der Waals surface area contributed by atoms with Gasteiger partial charge in [0.15, 0.2) is 0 Å². The van der Waals surface area contributed by atoms with Gasteiger partial charge in [0.25, 0.3) is 5.91 Å². The second-order valence-corrected chi connectivity index (χ2v) is 6.55. The molecule has 0 aromatic heterocycles. The lowest BCUT2D eigenvalue weighted by Gasteiger charge is -2.35. The normalized spacial score (nSPS) is 21.0. The maximum absolute atomic E-state index is 12.5. The lowest BCUT2D eigenvalue weighted by molar-refractivity contribution is 0.0660. The molecular weight excluding hydrogens is 330 g/mol. The van der Waals surface area contributed by atoms with Crippen molar-refractivity contribution in [3.63, 3.8) is 0 Å². The van der Waals surface area contributed by atoms with Crippen molar-refractivity contribution in [1.29, 1.82) is 0 Å². The fourth-order valence-electron chi connectivity index (χ4n) is 3.03. The average Bonchev–Trinajstić information content (AvgIpc) is 3.13. The van der Waals surface area contributed by atoms with Crippen molar-refractivity contribution in [2.75, 3.05) is 39.3 Å². The van der Waals surface area contributed by atoms with E-state index in [1.165, 1.54) is 0 Å². The Hall–Kier alpha value is -1.79. The van der Waals surface area contributed by atoms with Gasteiger partial charge in [-0.3, -0.25) is 4.79 Å². The van der Waals surface area contributed by atoms with Gasteiger partial charge in [0.05, 0.1) is 6.10 Å². The van der Waals surface area contributed by atoms with Gasteiger partial charge in [0, 0.05) is 49.9 Å². The van der Waals surface area contributed by atoms with Gasteiger partial charge in [-0.05, 0) is 31.0 Å². The molecule has 0 saturated carbocycles. The van der Waals surface area contributed by atoms with Gasteiger partial charge in [0.2, 0.25) is 0 Å². The highest BCUT2D eigenvalue weighted by Crippen LogP contribution is 2.14. The van der Waals surface area contributed by atoms with E-state index in [1.807, 2.05) is 0 Å². The zero-order valence-corrected chi connectivity index (χ0v) is 14.3. The number of halogens is 1. The third kappa shape index (κ3) is 4.19. The Bertz CT molecular complexity index is 596. The number of hydrogen-bond donors (Lipinski definition) is 1. The number of carbonyl (C=O) groups is 2. The van der Waals surface area contributed by atoms with Crippen molar-refractivity contribution in [3.8, 4) is 0 Å². The predicted octanol–water partition coefficient (Wildman–Crippen LogP) is 1.99. The molecule has 2 heterocycles. The molecule has 7 heteroatoms. The van der Waals surface area contributed by atoms with Crippen molar-refractivity contribution in [1.82, 2.24) is 15.1 Å². The minimum absolute atomic E-state index is 0.0445. The van der Waals surface area contributed by atoms with Crippen molar-refractivity contribution < 1.29 is 14.3 Å². The van der Waals surface area contributed by atoms with E-state index in [2.05, 4.69) is 5.32 Å². The van der Waals surface area contributed by atoms with Gasteiger partial charge < -0.3 is 19.9 Å². The summed E-state index contributed by atoms with van der Waals surface area (Å²) >= 11 is 5.94. The van der Waals surface area contributed by atoms with E-state index in [-0.39, 0.29) is 18.0 Å². The monoisotopic (exact) mass is 351 g/mol. The van der Waals surface area contributed by atoms with Crippen molar-refractivity contribution in [2.24, 2.45) is 0 Å². The molecule has 1 aromatic rings. The number of carbonyl (C=O) groups excluding carboxylic acids is 2. The summed E-state index contributed by atoms with van der Waals surface area (Å²) in [7, 11) is 0. The van der Waals surface area contributed by atoms with E-state index < -0.39 is 0 Å². The Morgan fingerprint density at radius 3 is 2.62 bits per heavy atom. The predicted molar refractivity (Wildman–Crippen MR) is 91.3 cm³/mol. The summed E-state index contributed by atoms with van der Waals surface area (Å²) < 4.78 is 5.50. The second-order valence-electron chi connectivity index (χ2n) is 6.11. The van der Waals surface area contributed by atoms with Crippen LogP contribution < -0.4 is 5.32 Å². The summed E-state index contributed by atoms with van der Waals surface area (Å²) in [5.74, 6) is -0.0445. The molecular formula is C17H22ClN3O3. The van der Waals surface area contributed by atoms with Crippen molar-refractivity contribution >= 4 is 23.5 Å². The van der Waals surface area contributed by atoms with Crippen LogP contribution in [0.5, 0.6) is 0 Å². The highest BCUT2D eigenvalue weighted by atomic mass is 35.5. The molecule has 0 radical (unpaired) electrons. The van der Waals surface area contributed by atoms with Crippen LogP contribution in [0.4, 0.5) is 4.79 Å². The highest BCUT2D eigenvalue weighted by molar-refractivity contribution is 6.30. The maximum atomic E-state index is 12.5. The number of ether oxygens (including phenoxy) is 1. The first kappa shape index (κ1) is 17.0. The third-order valence-electron chi connectivity index (χ3n) is 4.43. The first-order chi connectivity index (χ1) is 11.6. The Morgan fingerprint density at radius 2 is 1.96 bits per heavy atom. The first-order valence-electron chi connectivity index (χ1n) is 8.33. The summed E-state index contributed by atoms with van der Waals surface area (Å²) in [6, 6.07) is 6.86. The van der Waals surface area contributed by atoms with Crippen LogP contribution in [0.1, 0.15) is 23.2 Å². The molecule has 0 bridgehead atoms. The third-order valence-corrected chi connectivity index (χ3v) is 4.67.